The average molecular weight is 433 g/mol. The minimum atomic E-state index is -0.348. The maximum atomic E-state index is 12.5. The fourth-order valence-corrected chi connectivity index (χ4v) is 4.12. The molecule has 3 aromatic rings. The predicted molar refractivity (Wildman–Crippen MR) is 114 cm³/mol. The number of benzene rings is 2. The molecule has 4 rings (SSSR count). The van der Waals surface area contributed by atoms with E-state index in [0.29, 0.717) is 15.9 Å². The van der Waals surface area contributed by atoms with Crippen molar-refractivity contribution in [2.45, 2.75) is 5.37 Å². The zero-order chi connectivity index (χ0) is 19.7. The van der Waals surface area contributed by atoms with E-state index in [0.717, 1.165) is 22.2 Å². The van der Waals surface area contributed by atoms with Gasteiger partial charge in [0.2, 0.25) is 0 Å². The van der Waals surface area contributed by atoms with E-state index >= 15 is 0 Å². The predicted octanol–water partition coefficient (Wildman–Crippen LogP) is 4.84. The summed E-state index contributed by atoms with van der Waals surface area (Å²) in [7, 11) is 1.61. The number of hydrogen-bond acceptors (Lipinski definition) is 6. The number of carbonyl (C=O) groups excluding carboxylic acids is 1. The number of carbonyl (C=O) groups is 1. The maximum absolute atomic E-state index is 12.5. The Labute approximate surface area is 175 Å². The standard InChI is InChI=1S/C19H14Cl2N4O2S/c1-27-11-6-7-14-10(8-11)9-12(16(21)22-14)18-24-25-19(28-18)17(26)23-15-5-3-2-4-13(15)20/h2-9,18,24H,1H3,(H,23,26). The molecule has 1 atom stereocenters. The van der Waals surface area contributed by atoms with Gasteiger partial charge in [-0.3, -0.25) is 10.2 Å². The summed E-state index contributed by atoms with van der Waals surface area (Å²) in [6.07, 6.45) is 0. The van der Waals surface area contributed by atoms with E-state index in [1.54, 1.807) is 31.4 Å². The highest BCUT2D eigenvalue weighted by Gasteiger charge is 2.28. The Morgan fingerprint density at radius 2 is 2.04 bits per heavy atom. The molecular formula is C19H14Cl2N4O2S. The van der Waals surface area contributed by atoms with Crippen LogP contribution < -0.4 is 15.5 Å². The molecule has 1 aliphatic heterocycles. The molecule has 142 valence electrons. The molecule has 2 aromatic carbocycles. The van der Waals surface area contributed by atoms with Crippen LogP contribution in [0.3, 0.4) is 0 Å². The quantitative estimate of drug-likeness (QED) is 0.576. The summed E-state index contributed by atoms with van der Waals surface area (Å²) >= 11 is 13.7. The van der Waals surface area contributed by atoms with Crippen LogP contribution in [0.2, 0.25) is 10.2 Å². The lowest BCUT2D eigenvalue weighted by Gasteiger charge is -2.13. The van der Waals surface area contributed by atoms with Crippen molar-refractivity contribution in [2.75, 3.05) is 12.4 Å². The van der Waals surface area contributed by atoms with Crippen molar-refractivity contribution in [1.29, 1.82) is 0 Å². The van der Waals surface area contributed by atoms with Crippen molar-refractivity contribution in [3.8, 4) is 5.75 Å². The van der Waals surface area contributed by atoms with Crippen LogP contribution in [-0.4, -0.2) is 23.0 Å². The summed E-state index contributed by atoms with van der Waals surface area (Å²) in [5.41, 5.74) is 4.96. The van der Waals surface area contributed by atoms with Crippen LogP contribution >= 0.6 is 35.0 Å². The summed E-state index contributed by atoms with van der Waals surface area (Å²) in [5, 5.41) is 8.54. The lowest BCUT2D eigenvalue weighted by molar-refractivity contribution is -0.110. The highest BCUT2D eigenvalue weighted by molar-refractivity contribution is 8.16. The normalized spacial score (nSPS) is 15.8. The molecule has 6 nitrogen and oxygen atoms in total. The first-order valence-corrected chi connectivity index (χ1v) is 9.88. The van der Waals surface area contributed by atoms with Gasteiger partial charge in [0.25, 0.3) is 5.91 Å². The van der Waals surface area contributed by atoms with Crippen molar-refractivity contribution in [2.24, 2.45) is 5.10 Å². The second kappa shape index (κ2) is 7.87. The van der Waals surface area contributed by atoms with Gasteiger partial charge in [-0.2, -0.15) is 5.10 Å². The Kier molecular flexibility index (Phi) is 5.30. The number of para-hydroxylation sites is 1. The van der Waals surface area contributed by atoms with Crippen molar-refractivity contribution in [1.82, 2.24) is 10.4 Å². The number of thioether (sulfide) groups is 1. The Bertz CT molecular complexity index is 1110. The fourth-order valence-electron chi connectivity index (χ4n) is 2.72. The molecule has 28 heavy (non-hydrogen) atoms. The Morgan fingerprint density at radius 3 is 2.82 bits per heavy atom. The van der Waals surface area contributed by atoms with E-state index in [9.17, 15) is 4.79 Å². The van der Waals surface area contributed by atoms with Crippen molar-refractivity contribution in [3.05, 3.63) is 64.3 Å². The molecule has 0 bridgehead atoms. The van der Waals surface area contributed by atoms with Gasteiger partial charge in [0.1, 0.15) is 16.3 Å². The van der Waals surface area contributed by atoms with E-state index < -0.39 is 0 Å². The Morgan fingerprint density at radius 1 is 1.21 bits per heavy atom. The summed E-state index contributed by atoms with van der Waals surface area (Å²) in [5.74, 6) is 0.380. The first-order chi connectivity index (χ1) is 13.5. The third-order valence-corrected chi connectivity index (χ3v) is 5.84. The van der Waals surface area contributed by atoms with Gasteiger partial charge in [-0.15, -0.1) is 0 Å². The zero-order valence-corrected chi connectivity index (χ0v) is 16.9. The zero-order valence-electron chi connectivity index (χ0n) is 14.6. The molecule has 1 aromatic heterocycles. The van der Waals surface area contributed by atoms with Crippen molar-refractivity contribution < 1.29 is 9.53 Å². The smallest absolute Gasteiger partial charge is 0.282 e. The number of hydrogen-bond donors (Lipinski definition) is 2. The molecule has 0 aliphatic carbocycles. The van der Waals surface area contributed by atoms with Crippen LogP contribution in [0.15, 0.2) is 53.6 Å². The number of ether oxygens (including phenoxy) is 1. The van der Waals surface area contributed by atoms with E-state index in [-0.39, 0.29) is 16.3 Å². The summed E-state index contributed by atoms with van der Waals surface area (Å²) in [6, 6.07) is 14.5. The lowest BCUT2D eigenvalue weighted by atomic mass is 10.1. The second-order valence-corrected chi connectivity index (χ2v) is 7.76. The molecule has 0 saturated heterocycles. The molecule has 9 heteroatoms. The van der Waals surface area contributed by atoms with E-state index in [1.807, 2.05) is 24.3 Å². The van der Waals surface area contributed by atoms with Gasteiger partial charge in [0, 0.05) is 10.9 Å². The molecule has 0 fully saturated rings. The lowest BCUT2D eigenvalue weighted by Crippen LogP contribution is -2.19. The van der Waals surface area contributed by atoms with Gasteiger partial charge >= 0.3 is 0 Å². The van der Waals surface area contributed by atoms with Crippen LogP contribution in [0.5, 0.6) is 5.75 Å². The molecule has 0 saturated carbocycles. The molecule has 1 aliphatic rings. The highest BCUT2D eigenvalue weighted by Crippen LogP contribution is 2.37. The van der Waals surface area contributed by atoms with Gasteiger partial charge in [0.15, 0.2) is 5.04 Å². The average Bonchev–Trinajstić information content (AvgIpc) is 3.19. The van der Waals surface area contributed by atoms with Crippen LogP contribution in [0.4, 0.5) is 5.69 Å². The summed E-state index contributed by atoms with van der Waals surface area (Å²) in [6.45, 7) is 0. The van der Waals surface area contributed by atoms with Gasteiger partial charge in [0.05, 0.1) is 23.3 Å². The number of hydrazone groups is 1. The third-order valence-electron chi connectivity index (χ3n) is 4.11. The molecule has 1 amide bonds. The minimum absolute atomic E-state index is 0.284. The monoisotopic (exact) mass is 432 g/mol. The summed E-state index contributed by atoms with van der Waals surface area (Å²) in [4.78, 5) is 16.9. The van der Waals surface area contributed by atoms with E-state index in [1.165, 1.54) is 11.8 Å². The molecular weight excluding hydrogens is 419 g/mol. The number of rotatable bonds is 4. The number of methoxy groups -OCH3 is 1. The molecule has 1 unspecified atom stereocenters. The van der Waals surface area contributed by atoms with Crippen LogP contribution in [-0.2, 0) is 4.79 Å². The van der Waals surface area contributed by atoms with Gasteiger partial charge in [-0.1, -0.05) is 47.1 Å². The van der Waals surface area contributed by atoms with E-state index in [4.69, 9.17) is 27.9 Å². The van der Waals surface area contributed by atoms with Gasteiger partial charge in [-0.25, -0.2) is 4.98 Å². The molecule has 0 radical (unpaired) electrons. The van der Waals surface area contributed by atoms with Crippen LogP contribution in [0.25, 0.3) is 10.9 Å². The molecule has 2 heterocycles. The Balaban J connectivity index is 1.53. The first kappa shape index (κ1) is 18.9. The summed E-state index contributed by atoms with van der Waals surface area (Å²) < 4.78 is 5.26. The number of nitrogens with zero attached hydrogens (tertiary/aromatic N) is 2. The number of pyridine rings is 1. The topological polar surface area (TPSA) is 75.6 Å². The number of anilines is 1. The van der Waals surface area contributed by atoms with Crippen molar-refractivity contribution >= 4 is 62.5 Å². The fraction of sp³-hybridized carbons (Fsp3) is 0.105. The SMILES string of the molecule is COc1ccc2nc(Cl)c(C3NN=C(C(=O)Nc4ccccc4Cl)S3)cc2c1. The molecule has 0 spiro atoms. The number of nitrogens with one attached hydrogen (secondary N) is 2. The van der Waals surface area contributed by atoms with E-state index in [2.05, 4.69) is 20.8 Å². The number of halogens is 2. The van der Waals surface area contributed by atoms with Gasteiger partial charge < -0.3 is 10.1 Å². The maximum Gasteiger partial charge on any atom is 0.282 e. The number of amides is 1. The van der Waals surface area contributed by atoms with Gasteiger partial charge in [-0.05, 0) is 36.4 Å². The second-order valence-electron chi connectivity index (χ2n) is 5.90. The van der Waals surface area contributed by atoms with Crippen LogP contribution in [0.1, 0.15) is 10.9 Å². The highest BCUT2D eigenvalue weighted by atomic mass is 35.5. The van der Waals surface area contributed by atoms with Crippen molar-refractivity contribution in [3.63, 3.8) is 0 Å². The van der Waals surface area contributed by atoms with Crippen LogP contribution in [0, 0.1) is 0 Å². The minimum Gasteiger partial charge on any atom is -0.497 e. The molecule has 2 N–H and O–H groups in total. The Hall–Kier alpha value is -2.48. The number of aromatic nitrogens is 1. The number of fused-ring (bicyclic) bond motifs is 1. The first-order valence-electron chi connectivity index (χ1n) is 8.25. The third kappa shape index (κ3) is 3.73. The largest absolute Gasteiger partial charge is 0.497 e.